The Balaban J connectivity index is 2.50. The highest BCUT2D eigenvalue weighted by molar-refractivity contribution is 5.52. The summed E-state index contributed by atoms with van der Waals surface area (Å²) < 4.78 is 12.3. The van der Waals surface area contributed by atoms with Crippen LogP contribution in [0.2, 0.25) is 0 Å². The van der Waals surface area contributed by atoms with E-state index in [0.717, 1.165) is 5.69 Å². The summed E-state index contributed by atoms with van der Waals surface area (Å²) in [5, 5.41) is 15.3. The van der Waals surface area contributed by atoms with Gasteiger partial charge in [0, 0.05) is 25.7 Å². The summed E-state index contributed by atoms with van der Waals surface area (Å²) in [6, 6.07) is 4.30. The van der Waals surface area contributed by atoms with Crippen LogP contribution in [0.4, 0.5) is 5.69 Å². The summed E-state index contributed by atoms with van der Waals surface area (Å²) in [5.41, 5.74) is 6.95. The van der Waals surface area contributed by atoms with Crippen LogP contribution >= 0.6 is 0 Å². The lowest BCUT2D eigenvalue weighted by atomic mass is 10.2. The summed E-state index contributed by atoms with van der Waals surface area (Å²) >= 11 is 0. The Morgan fingerprint density at radius 2 is 2.19 bits per heavy atom. The van der Waals surface area contributed by atoms with Crippen molar-refractivity contribution >= 4 is 5.69 Å². The molecule has 1 aromatic carbocycles. The van der Waals surface area contributed by atoms with E-state index in [4.69, 9.17) is 15.2 Å². The van der Waals surface area contributed by atoms with E-state index in [9.17, 15) is 10.1 Å². The number of methoxy groups -OCH3 is 1. The van der Waals surface area contributed by atoms with Crippen molar-refractivity contribution in [1.82, 2.24) is 9.78 Å². The van der Waals surface area contributed by atoms with Gasteiger partial charge in [0.15, 0.2) is 0 Å². The van der Waals surface area contributed by atoms with Gasteiger partial charge in [0.1, 0.15) is 5.75 Å². The van der Waals surface area contributed by atoms with Crippen LogP contribution in [-0.2, 0) is 13.6 Å². The molecule has 0 unspecified atom stereocenters. The Labute approximate surface area is 121 Å². The minimum absolute atomic E-state index is 0.0806. The summed E-state index contributed by atoms with van der Waals surface area (Å²) in [6.45, 7) is 2.03. The van der Waals surface area contributed by atoms with Crippen LogP contribution in [0.15, 0.2) is 18.2 Å². The van der Waals surface area contributed by atoms with Crippen molar-refractivity contribution in [2.24, 2.45) is 12.8 Å². The maximum absolute atomic E-state index is 11.1. The third-order valence-corrected chi connectivity index (χ3v) is 3.06. The molecule has 0 atom stereocenters. The summed E-state index contributed by atoms with van der Waals surface area (Å²) in [6.07, 6.45) is 0. The van der Waals surface area contributed by atoms with E-state index < -0.39 is 4.92 Å². The van der Waals surface area contributed by atoms with Gasteiger partial charge in [-0.1, -0.05) is 0 Å². The molecule has 1 heterocycles. The van der Waals surface area contributed by atoms with Gasteiger partial charge in [0.2, 0.25) is 11.6 Å². The molecule has 1 aromatic heterocycles. The van der Waals surface area contributed by atoms with Gasteiger partial charge in [0.25, 0.3) is 0 Å². The fourth-order valence-electron chi connectivity index (χ4n) is 2.00. The number of nitrogens with zero attached hydrogens (tertiary/aromatic N) is 3. The van der Waals surface area contributed by atoms with E-state index in [-0.39, 0.29) is 18.0 Å². The molecule has 0 bridgehead atoms. The second-order valence-corrected chi connectivity index (χ2v) is 4.39. The van der Waals surface area contributed by atoms with Gasteiger partial charge in [-0.2, -0.15) is 5.10 Å². The molecule has 8 heteroatoms. The number of hydrogen-bond donors (Lipinski definition) is 1. The first-order valence-corrected chi connectivity index (χ1v) is 6.20. The largest absolute Gasteiger partial charge is 0.497 e. The lowest BCUT2D eigenvalue weighted by molar-refractivity contribution is -0.385. The first-order valence-electron chi connectivity index (χ1n) is 6.20. The number of ether oxygens (including phenoxy) is 2. The Morgan fingerprint density at radius 1 is 1.48 bits per heavy atom. The Morgan fingerprint density at radius 3 is 2.76 bits per heavy atom. The Bertz CT molecular complexity index is 681. The van der Waals surface area contributed by atoms with E-state index in [1.54, 1.807) is 14.0 Å². The molecule has 2 N–H and O–H groups in total. The summed E-state index contributed by atoms with van der Waals surface area (Å²) in [5.74, 6) is 0.923. The fraction of sp³-hybridized carbons (Fsp3) is 0.308. The molecule has 0 aliphatic rings. The van der Waals surface area contributed by atoms with E-state index in [1.807, 2.05) is 0 Å². The van der Waals surface area contributed by atoms with Crippen molar-refractivity contribution in [3.63, 3.8) is 0 Å². The van der Waals surface area contributed by atoms with Gasteiger partial charge in [-0.3, -0.25) is 10.1 Å². The third kappa shape index (κ3) is 2.79. The number of nitrogens with two attached hydrogens (primary N) is 1. The van der Waals surface area contributed by atoms with Crippen LogP contribution in [0.3, 0.4) is 0 Å². The van der Waals surface area contributed by atoms with Gasteiger partial charge in [0.05, 0.1) is 23.3 Å². The smallest absolute Gasteiger partial charge is 0.311 e. The molecule has 2 aromatic rings. The van der Waals surface area contributed by atoms with Crippen molar-refractivity contribution in [3.05, 3.63) is 39.6 Å². The van der Waals surface area contributed by atoms with Crippen LogP contribution < -0.4 is 15.2 Å². The summed E-state index contributed by atoms with van der Waals surface area (Å²) in [4.78, 5) is 10.6. The van der Waals surface area contributed by atoms with Crippen molar-refractivity contribution in [2.75, 3.05) is 7.11 Å². The van der Waals surface area contributed by atoms with Crippen LogP contribution in [-0.4, -0.2) is 21.8 Å². The average Bonchev–Trinajstić information content (AvgIpc) is 2.72. The molecular weight excluding hydrogens is 276 g/mol. The normalized spacial score (nSPS) is 10.5. The van der Waals surface area contributed by atoms with Crippen LogP contribution in [0.25, 0.3) is 0 Å². The molecule has 0 saturated heterocycles. The predicted octanol–water partition coefficient (Wildman–Crippen LogP) is 1.90. The van der Waals surface area contributed by atoms with E-state index in [1.165, 1.54) is 30.0 Å². The minimum atomic E-state index is -0.514. The maximum atomic E-state index is 11.1. The Hall–Kier alpha value is -2.61. The number of benzene rings is 1. The molecule has 112 valence electrons. The number of nitro groups is 1. The van der Waals surface area contributed by atoms with Crippen molar-refractivity contribution in [2.45, 2.75) is 13.5 Å². The number of rotatable bonds is 5. The zero-order chi connectivity index (χ0) is 15.6. The predicted molar refractivity (Wildman–Crippen MR) is 75.6 cm³/mol. The number of hydrogen-bond acceptors (Lipinski definition) is 6. The standard InChI is InChI=1S/C13H16N4O4/c1-8-10(7-14)13(16(2)15-8)21-12-6-9(20-3)4-5-11(12)17(18)19/h4-6H,7,14H2,1-3H3. The van der Waals surface area contributed by atoms with Crippen LogP contribution in [0.1, 0.15) is 11.3 Å². The molecule has 0 aliphatic carbocycles. The SMILES string of the molecule is COc1ccc([N+](=O)[O-])c(Oc2c(CN)c(C)nn2C)c1. The quantitative estimate of drug-likeness (QED) is 0.666. The molecule has 0 radical (unpaired) electrons. The second kappa shape index (κ2) is 5.80. The Kier molecular flexibility index (Phi) is 4.08. The third-order valence-electron chi connectivity index (χ3n) is 3.06. The molecule has 21 heavy (non-hydrogen) atoms. The zero-order valence-electron chi connectivity index (χ0n) is 12.0. The molecule has 0 fully saturated rings. The molecule has 2 rings (SSSR count). The van der Waals surface area contributed by atoms with Crippen molar-refractivity contribution < 1.29 is 14.4 Å². The highest BCUT2D eigenvalue weighted by atomic mass is 16.6. The number of nitro benzene ring substituents is 1. The highest BCUT2D eigenvalue weighted by Gasteiger charge is 2.21. The lowest BCUT2D eigenvalue weighted by Crippen LogP contribution is -2.03. The second-order valence-electron chi connectivity index (χ2n) is 4.39. The van der Waals surface area contributed by atoms with E-state index >= 15 is 0 Å². The first-order chi connectivity index (χ1) is 9.97. The molecule has 0 amide bonds. The maximum Gasteiger partial charge on any atom is 0.311 e. The van der Waals surface area contributed by atoms with Gasteiger partial charge < -0.3 is 15.2 Å². The molecular formula is C13H16N4O4. The average molecular weight is 292 g/mol. The zero-order valence-corrected chi connectivity index (χ0v) is 12.0. The first kappa shape index (κ1) is 14.8. The molecule has 0 saturated carbocycles. The van der Waals surface area contributed by atoms with Crippen LogP contribution in [0.5, 0.6) is 17.4 Å². The van der Waals surface area contributed by atoms with Gasteiger partial charge >= 0.3 is 5.69 Å². The highest BCUT2D eigenvalue weighted by Crippen LogP contribution is 2.36. The topological polar surface area (TPSA) is 105 Å². The number of aromatic nitrogens is 2. The van der Waals surface area contributed by atoms with Crippen molar-refractivity contribution in [3.8, 4) is 17.4 Å². The van der Waals surface area contributed by atoms with E-state index in [2.05, 4.69) is 5.10 Å². The van der Waals surface area contributed by atoms with Crippen molar-refractivity contribution in [1.29, 1.82) is 0 Å². The molecule has 8 nitrogen and oxygen atoms in total. The minimum Gasteiger partial charge on any atom is -0.497 e. The van der Waals surface area contributed by atoms with Gasteiger partial charge in [-0.15, -0.1) is 0 Å². The lowest BCUT2D eigenvalue weighted by Gasteiger charge is -2.09. The summed E-state index contributed by atoms with van der Waals surface area (Å²) in [7, 11) is 3.16. The van der Waals surface area contributed by atoms with Gasteiger partial charge in [-0.05, 0) is 13.0 Å². The van der Waals surface area contributed by atoms with E-state index in [0.29, 0.717) is 17.2 Å². The molecule has 0 spiro atoms. The number of aryl methyl sites for hydroxylation is 2. The monoisotopic (exact) mass is 292 g/mol. The fourth-order valence-corrected chi connectivity index (χ4v) is 2.00. The van der Waals surface area contributed by atoms with Gasteiger partial charge in [-0.25, -0.2) is 4.68 Å². The van der Waals surface area contributed by atoms with Crippen LogP contribution in [0, 0.1) is 17.0 Å². The molecule has 0 aliphatic heterocycles.